The lowest BCUT2D eigenvalue weighted by atomic mass is 10.1. The van der Waals surface area contributed by atoms with Crippen molar-refractivity contribution in [2.75, 3.05) is 6.54 Å². The molecule has 1 aromatic carbocycles. The van der Waals surface area contributed by atoms with Gasteiger partial charge in [-0.2, -0.15) is 0 Å². The van der Waals surface area contributed by atoms with Gasteiger partial charge in [0.05, 0.1) is 19.2 Å². The Kier molecular flexibility index (Phi) is 4.84. The van der Waals surface area contributed by atoms with Gasteiger partial charge in [0, 0.05) is 23.6 Å². The minimum absolute atomic E-state index is 0.0519. The molecule has 144 valence electrons. The molecule has 3 aromatic rings. The number of amides is 4. The quantitative estimate of drug-likeness (QED) is 0.544. The van der Waals surface area contributed by atoms with Gasteiger partial charge in [0.15, 0.2) is 0 Å². The number of aromatic nitrogens is 1. The fourth-order valence-corrected chi connectivity index (χ4v) is 3.36. The summed E-state index contributed by atoms with van der Waals surface area (Å²) in [5, 5.41) is 6.50. The summed E-state index contributed by atoms with van der Waals surface area (Å²) in [5.41, 5.74) is 2.17. The average molecular weight is 380 g/mol. The van der Waals surface area contributed by atoms with Crippen LogP contribution in [-0.4, -0.2) is 40.3 Å². The van der Waals surface area contributed by atoms with E-state index in [0.29, 0.717) is 18.7 Å². The highest BCUT2D eigenvalue weighted by Crippen LogP contribution is 2.18. The predicted molar refractivity (Wildman–Crippen MR) is 101 cm³/mol. The summed E-state index contributed by atoms with van der Waals surface area (Å²) in [5.74, 6) is -0.196. The Balaban J connectivity index is 1.28. The normalized spacial score (nSPS) is 16.6. The van der Waals surface area contributed by atoms with E-state index in [2.05, 4.69) is 15.6 Å². The molecular weight excluding hydrogens is 360 g/mol. The standard InChI is InChI=1S/C20H20N4O4/c25-18(21-8-7-13-11-22-16-6-2-1-5-15(13)16)10-17-19(26)24(20(27)23-17)12-14-4-3-9-28-14/h1-6,9,11,17,22H,7-8,10,12H2,(H,21,25)(H,23,27)/t17-/m0/s1. The molecule has 4 rings (SSSR count). The molecule has 0 radical (unpaired) electrons. The number of hydrogen-bond donors (Lipinski definition) is 3. The van der Waals surface area contributed by atoms with Crippen molar-refractivity contribution >= 4 is 28.7 Å². The van der Waals surface area contributed by atoms with Crippen LogP contribution in [0, 0.1) is 0 Å². The molecule has 8 nitrogen and oxygen atoms in total. The van der Waals surface area contributed by atoms with Crippen LogP contribution in [0.5, 0.6) is 0 Å². The van der Waals surface area contributed by atoms with Crippen LogP contribution in [0.3, 0.4) is 0 Å². The van der Waals surface area contributed by atoms with Gasteiger partial charge < -0.3 is 20.0 Å². The van der Waals surface area contributed by atoms with E-state index < -0.39 is 18.0 Å². The average Bonchev–Trinajstić information content (AvgIpc) is 3.40. The van der Waals surface area contributed by atoms with Crippen molar-refractivity contribution in [1.29, 1.82) is 0 Å². The first kappa shape index (κ1) is 17.8. The Morgan fingerprint density at radius 3 is 2.86 bits per heavy atom. The van der Waals surface area contributed by atoms with Crippen LogP contribution in [0.1, 0.15) is 17.7 Å². The van der Waals surface area contributed by atoms with Gasteiger partial charge in [0.2, 0.25) is 5.91 Å². The Labute approximate surface area is 160 Å². The van der Waals surface area contributed by atoms with Gasteiger partial charge in [-0.15, -0.1) is 0 Å². The van der Waals surface area contributed by atoms with Gasteiger partial charge in [-0.1, -0.05) is 18.2 Å². The molecule has 1 saturated heterocycles. The molecule has 0 bridgehead atoms. The van der Waals surface area contributed by atoms with Gasteiger partial charge in [0.1, 0.15) is 11.8 Å². The Morgan fingerprint density at radius 1 is 1.18 bits per heavy atom. The van der Waals surface area contributed by atoms with Crippen LogP contribution in [0.25, 0.3) is 10.9 Å². The lowest BCUT2D eigenvalue weighted by molar-refractivity contribution is -0.131. The molecule has 0 unspecified atom stereocenters. The lowest BCUT2D eigenvalue weighted by Gasteiger charge is -2.11. The largest absolute Gasteiger partial charge is 0.467 e. The first-order chi connectivity index (χ1) is 13.6. The Morgan fingerprint density at radius 2 is 2.04 bits per heavy atom. The second kappa shape index (κ2) is 7.59. The van der Waals surface area contributed by atoms with E-state index in [1.54, 1.807) is 12.1 Å². The maximum atomic E-state index is 12.4. The zero-order valence-electron chi connectivity index (χ0n) is 15.1. The molecule has 4 amide bonds. The first-order valence-corrected chi connectivity index (χ1v) is 9.08. The predicted octanol–water partition coefficient (Wildman–Crippen LogP) is 1.93. The smallest absolute Gasteiger partial charge is 0.325 e. The first-order valence-electron chi connectivity index (χ1n) is 9.08. The van der Waals surface area contributed by atoms with Gasteiger partial charge in [0.25, 0.3) is 5.91 Å². The summed E-state index contributed by atoms with van der Waals surface area (Å²) < 4.78 is 5.17. The van der Waals surface area contributed by atoms with Gasteiger partial charge in [-0.3, -0.25) is 14.5 Å². The number of hydrogen-bond acceptors (Lipinski definition) is 4. The van der Waals surface area contributed by atoms with Gasteiger partial charge >= 0.3 is 6.03 Å². The van der Waals surface area contributed by atoms with Crippen LogP contribution in [0.2, 0.25) is 0 Å². The number of rotatable bonds is 7. The maximum Gasteiger partial charge on any atom is 0.325 e. The number of imide groups is 1. The SMILES string of the molecule is O=C(C[C@@H]1NC(=O)N(Cc2ccco2)C1=O)NCCc1c[nH]c2ccccc12. The van der Waals surface area contributed by atoms with Gasteiger partial charge in [-0.25, -0.2) is 4.79 Å². The molecule has 28 heavy (non-hydrogen) atoms. The zero-order chi connectivity index (χ0) is 19.5. The van der Waals surface area contributed by atoms with Crippen molar-refractivity contribution in [1.82, 2.24) is 20.5 Å². The molecule has 3 heterocycles. The van der Waals surface area contributed by atoms with E-state index in [4.69, 9.17) is 4.42 Å². The Hall–Kier alpha value is -3.55. The molecule has 2 aromatic heterocycles. The molecular formula is C20H20N4O4. The molecule has 0 saturated carbocycles. The molecule has 1 aliphatic heterocycles. The number of urea groups is 1. The number of carbonyl (C=O) groups excluding carboxylic acids is 3. The third-order valence-electron chi connectivity index (χ3n) is 4.78. The fourth-order valence-electron chi connectivity index (χ4n) is 3.36. The van der Waals surface area contributed by atoms with Crippen molar-refractivity contribution in [2.24, 2.45) is 0 Å². The summed E-state index contributed by atoms with van der Waals surface area (Å²) in [7, 11) is 0. The van der Waals surface area contributed by atoms with E-state index in [1.165, 1.54) is 6.26 Å². The summed E-state index contributed by atoms with van der Waals surface area (Å²) in [6.07, 6.45) is 3.99. The number of aromatic amines is 1. The molecule has 3 N–H and O–H groups in total. The van der Waals surface area contributed by atoms with Crippen LogP contribution < -0.4 is 10.6 Å². The summed E-state index contributed by atoms with van der Waals surface area (Å²) in [6.45, 7) is 0.502. The molecule has 1 atom stereocenters. The van der Waals surface area contributed by atoms with Crippen molar-refractivity contribution in [3.05, 3.63) is 60.2 Å². The van der Waals surface area contributed by atoms with E-state index >= 15 is 0 Å². The van der Waals surface area contributed by atoms with Crippen molar-refractivity contribution < 1.29 is 18.8 Å². The lowest BCUT2D eigenvalue weighted by Crippen LogP contribution is -2.37. The van der Waals surface area contributed by atoms with Crippen LogP contribution >= 0.6 is 0 Å². The topological polar surface area (TPSA) is 107 Å². The summed E-state index contributed by atoms with van der Waals surface area (Å²) in [6, 6.07) is 9.98. The number of nitrogens with one attached hydrogen (secondary N) is 3. The number of furan rings is 1. The van der Waals surface area contributed by atoms with Crippen LogP contribution in [0.4, 0.5) is 4.79 Å². The second-order valence-corrected chi connectivity index (χ2v) is 6.67. The monoisotopic (exact) mass is 380 g/mol. The maximum absolute atomic E-state index is 12.4. The van der Waals surface area contributed by atoms with Crippen molar-refractivity contribution in [2.45, 2.75) is 25.4 Å². The Bertz CT molecular complexity index is 1010. The van der Waals surface area contributed by atoms with Gasteiger partial charge in [-0.05, 0) is 30.2 Å². The molecule has 8 heteroatoms. The molecule has 1 aliphatic rings. The summed E-state index contributed by atoms with van der Waals surface area (Å²) in [4.78, 5) is 40.9. The third kappa shape index (κ3) is 3.62. The highest BCUT2D eigenvalue weighted by Gasteiger charge is 2.39. The highest BCUT2D eigenvalue weighted by atomic mass is 16.3. The zero-order valence-corrected chi connectivity index (χ0v) is 15.1. The molecule has 0 aliphatic carbocycles. The molecule has 1 fully saturated rings. The van der Waals surface area contributed by atoms with E-state index in [9.17, 15) is 14.4 Å². The van der Waals surface area contributed by atoms with Crippen LogP contribution in [0.15, 0.2) is 53.3 Å². The van der Waals surface area contributed by atoms with Crippen molar-refractivity contribution in [3.8, 4) is 0 Å². The number of carbonyl (C=O) groups is 3. The number of benzene rings is 1. The summed E-state index contributed by atoms with van der Waals surface area (Å²) >= 11 is 0. The third-order valence-corrected chi connectivity index (χ3v) is 4.78. The minimum Gasteiger partial charge on any atom is -0.467 e. The number of H-pyrrole nitrogens is 1. The fraction of sp³-hybridized carbons (Fsp3) is 0.250. The van der Waals surface area contributed by atoms with Crippen LogP contribution in [-0.2, 0) is 22.6 Å². The second-order valence-electron chi connectivity index (χ2n) is 6.67. The highest BCUT2D eigenvalue weighted by molar-refractivity contribution is 6.05. The van der Waals surface area contributed by atoms with Crippen molar-refractivity contribution in [3.63, 3.8) is 0 Å². The van der Waals surface area contributed by atoms with E-state index in [1.807, 2.05) is 30.5 Å². The minimum atomic E-state index is -0.851. The number of fused-ring (bicyclic) bond motifs is 1. The number of para-hydroxylation sites is 1. The number of nitrogens with zero attached hydrogens (tertiary/aromatic N) is 1. The molecule has 0 spiro atoms. The van der Waals surface area contributed by atoms with E-state index in [0.717, 1.165) is 21.4 Å². The van der Waals surface area contributed by atoms with E-state index in [-0.39, 0.29) is 18.9 Å².